The maximum Gasteiger partial charge on any atom is 0.254 e. The van der Waals surface area contributed by atoms with Crippen LogP contribution in [0.5, 0.6) is 0 Å². The van der Waals surface area contributed by atoms with Crippen molar-refractivity contribution in [2.45, 2.75) is 51.3 Å². The fourth-order valence-electron chi connectivity index (χ4n) is 3.07. The maximum absolute atomic E-state index is 12.6. The summed E-state index contributed by atoms with van der Waals surface area (Å²) in [7, 11) is 0. The Morgan fingerprint density at radius 2 is 1.96 bits per heavy atom. The number of rotatable bonds is 7. The zero-order valence-corrected chi connectivity index (χ0v) is 15.1. The molecule has 1 fully saturated rings. The van der Waals surface area contributed by atoms with Gasteiger partial charge in [0.05, 0.1) is 11.7 Å². The van der Waals surface area contributed by atoms with Crippen LogP contribution in [0.1, 0.15) is 42.7 Å². The molecule has 0 unspecified atom stereocenters. The SMILES string of the molecule is CC(C)Nc1ncc(C(=O)N[C@H](Cc2ccccn2)C2CC(O)C2)cn1. The van der Waals surface area contributed by atoms with Gasteiger partial charge in [0.2, 0.25) is 5.95 Å². The summed E-state index contributed by atoms with van der Waals surface area (Å²) in [5, 5.41) is 15.8. The number of pyridine rings is 1. The first-order valence-corrected chi connectivity index (χ1v) is 8.98. The number of hydrogen-bond donors (Lipinski definition) is 3. The van der Waals surface area contributed by atoms with Crippen molar-refractivity contribution in [3.63, 3.8) is 0 Å². The fraction of sp³-hybridized carbons (Fsp3) is 0.474. The van der Waals surface area contributed by atoms with Crippen LogP contribution in [-0.4, -0.2) is 44.2 Å². The summed E-state index contributed by atoms with van der Waals surface area (Å²) in [6.07, 6.45) is 6.57. The quantitative estimate of drug-likeness (QED) is 0.700. The summed E-state index contributed by atoms with van der Waals surface area (Å²) in [6, 6.07) is 5.90. The average Bonchev–Trinajstić information content (AvgIpc) is 2.59. The smallest absolute Gasteiger partial charge is 0.254 e. The normalized spacial score (nSPS) is 20.3. The van der Waals surface area contributed by atoms with Crippen molar-refractivity contribution in [1.29, 1.82) is 0 Å². The third-order valence-electron chi connectivity index (χ3n) is 4.52. The standard InChI is InChI=1S/C19H25N5O2/c1-12(2)23-19-21-10-14(11-22-19)18(26)24-17(13-7-16(25)8-13)9-15-5-3-4-6-20-15/h3-6,10-13,16-17,25H,7-9H2,1-2H3,(H,24,26)(H,21,22,23)/t13?,16?,17-/m1/s1. The Morgan fingerprint density at radius 3 is 2.54 bits per heavy atom. The molecule has 2 heterocycles. The predicted molar refractivity (Wildman–Crippen MR) is 98.7 cm³/mol. The molecule has 1 aliphatic carbocycles. The van der Waals surface area contributed by atoms with E-state index in [-0.39, 0.29) is 30.0 Å². The second-order valence-corrected chi connectivity index (χ2v) is 7.08. The molecule has 0 aromatic carbocycles. The van der Waals surface area contributed by atoms with Crippen LogP contribution in [0.25, 0.3) is 0 Å². The highest BCUT2D eigenvalue weighted by Gasteiger charge is 2.35. The van der Waals surface area contributed by atoms with E-state index in [0.717, 1.165) is 5.69 Å². The van der Waals surface area contributed by atoms with Gasteiger partial charge in [0.15, 0.2) is 0 Å². The Labute approximate surface area is 153 Å². The van der Waals surface area contributed by atoms with Crippen LogP contribution in [0, 0.1) is 5.92 Å². The lowest BCUT2D eigenvalue weighted by atomic mass is 9.76. The Balaban J connectivity index is 1.66. The number of aromatic nitrogens is 3. The van der Waals surface area contributed by atoms with E-state index in [4.69, 9.17) is 0 Å². The summed E-state index contributed by atoms with van der Waals surface area (Å²) in [5.74, 6) is 0.547. The Bertz CT molecular complexity index is 714. The lowest BCUT2D eigenvalue weighted by Crippen LogP contribution is -2.48. The van der Waals surface area contributed by atoms with Gasteiger partial charge in [-0.1, -0.05) is 6.07 Å². The highest BCUT2D eigenvalue weighted by atomic mass is 16.3. The van der Waals surface area contributed by atoms with Crippen molar-refractivity contribution in [1.82, 2.24) is 20.3 Å². The average molecular weight is 355 g/mol. The number of hydrogen-bond acceptors (Lipinski definition) is 6. The van der Waals surface area contributed by atoms with Crippen molar-refractivity contribution >= 4 is 11.9 Å². The molecule has 26 heavy (non-hydrogen) atoms. The zero-order valence-electron chi connectivity index (χ0n) is 15.1. The fourth-order valence-corrected chi connectivity index (χ4v) is 3.07. The Kier molecular flexibility index (Phi) is 5.78. The number of nitrogens with zero attached hydrogens (tertiary/aromatic N) is 3. The summed E-state index contributed by atoms with van der Waals surface area (Å²) in [5.41, 5.74) is 1.34. The Morgan fingerprint density at radius 1 is 1.23 bits per heavy atom. The molecule has 1 amide bonds. The van der Waals surface area contributed by atoms with Gasteiger partial charge < -0.3 is 15.7 Å². The topological polar surface area (TPSA) is 100 Å². The highest BCUT2D eigenvalue weighted by Crippen LogP contribution is 2.31. The molecular formula is C19H25N5O2. The first-order valence-electron chi connectivity index (χ1n) is 8.98. The minimum absolute atomic E-state index is 0.0748. The zero-order chi connectivity index (χ0) is 18.5. The van der Waals surface area contributed by atoms with Gasteiger partial charge in [-0.15, -0.1) is 0 Å². The number of aliphatic hydroxyl groups is 1. The van der Waals surface area contributed by atoms with E-state index in [1.54, 1.807) is 6.20 Å². The number of amides is 1. The van der Waals surface area contributed by atoms with Crippen molar-refractivity contribution in [2.75, 3.05) is 5.32 Å². The second-order valence-electron chi connectivity index (χ2n) is 7.08. The summed E-state index contributed by atoms with van der Waals surface area (Å²) < 4.78 is 0. The maximum atomic E-state index is 12.6. The lowest BCUT2D eigenvalue weighted by Gasteiger charge is -2.38. The van der Waals surface area contributed by atoms with Gasteiger partial charge in [0.1, 0.15) is 0 Å². The van der Waals surface area contributed by atoms with Crippen LogP contribution in [-0.2, 0) is 6.42 Å². The van der Waals surface area contributed by atoms with Gasteiger partial charge in [0.25, 0.3) is 5.91 Å². The van der Waals surface area contributed by atoms with Crippen LogP contribution in [0.15, 0.2) is 36.8 Å². The van der Waals surface area contributed by atoms with Crippen molar-refractivity contribution < 1.29 is 9.90 Å². The van der Waals surface area contributed by atoms with Gasteiger partial charge in [-0.3, -0.25) is 9.78 Å². The summed E-state index contributed by atoms with van der Waals surface area (Å²) in [4.78, 5) is 25.3. The Hall–Kier alpha value is -2.54. The molecule has 3 N–H and O–H groups in total. The molecule has 0 aliphatic heterocycles. The van der Waals surface area contributed by atoms with Gasteiger partial charge in [0, 0.05) is 42.8 Å². The van der Waals surface area contributed by atoms with Crippen LogP contribution >= 0.6 is 0 Å². The molecule has 1 saturated carbocycles. The van der Waals surface area contributed by atoms with Crippen LogP contribution in [0.3, 0.4) is 0 Å². The summed E-state index contributed by atoms with van der Waals surface area (Å²) in [6.45, 7) is 4.00. The third kappa shape index (κ3) is 4.76. The number of carbonyl (C=O) groups is 1. The molecule has 1 atom stereocenters. The third-order valence-corrected chi connectivity index (χ3v) is 4.52. The molecule has 2 aromatic rings. The molecule has 3 rings (SSSR count). The molecule has 2 aromatic heterocycles. The van der Waals surface area contributed by atoms with E-state index < -0.39 is 0 Å². The number of carbonyl (C=O) groups excluding carboxylic acids is 1. The van der Waals surface area contributed by atoms with Gasteiger partial charge >= 0.3 is 0 Å². The molecule has 7 nitrogen and oxygen atoms in total. The minimum atomic E-state index is -0.271. The van der Waals surface area contributed by atoms with E-state index in [2.05, 4.69) is 25.6 Å². The molecular weight excluding hydrogens is 330 g/mol. The number of aliphatic hydroxyl groups excluding tert-OH is 1. The van der Waals surface area contributed by atoms with E-state index >= 15 is 0 Å². The van der Waals surface area contributed by atoms with Crippen LogP contribution < -0.4 is 10.6 Å². The van der Waals surface area contributed by atoms with Gasteiger partial charge in [-0.25, -0.2) is 9.97 Å². The molecule has 0 spiro atoms. The molecule has 138 valence electrons. The van der Waals surface area contributed by atoms with Crippen molar-refractivity contribution in [2.24, 2.45) is 5.92 Å². The molecule has 0 bridgehead atoms. The van der Waals surface area contributed by atoms with Crippen LogP contribution in [0.4, 0.5) is 5.95 Å². The first kappa shape index (κ1) is 18.3. The molecule has 0 saturated heterocycles. The van der Waals surface area contributed by atoms with E-state index in [9.17, 15) is 9.90 Å². The predicted octanol–water partition coefficient (Wildman–Crippen LogP) is 1.80. The van der Waals surface area contributed by atoms with Crippen molar-refractivity contribution in [3.8, 4) is 0 Å². The highest BCUT2D eigenvalue weighted by molar-refractivity contribution is 5.93. The lowest BCUT2D eigenvalue weighted by molar-refractivity contribution is 0.0237. The molecule has 0 radical (unpaired) electrons. The second kappa shape index (κ2) is 8.23. The van der Waals surface area contributed by atoms with Gasteiger partial charge in [-0.05, 0) is 44.7 Å². The van der Waals surface area contributed by atoms with Crippen LogP contribution in [0.2, 0.25) is 0 Å². The van der Waals surface area contributed by atoms with Crippen molar-refractivity contribution in [3.05, 3.63) is 48.0 Å². The number of nitrogens with one attached hydrogen (secondary N) is 2. The molecule has 1 aliphatic rings. The minimum Gasteiger partial charge on any atom is -0.393 e. The first-order chi connectivity index (χ1) is 12.5. The van der Waals surface area contributed by atoms with E-state index in [0.29, 0.717) is 30.8 Å². The van der Waals surface area contributed by atoms with E-state index in [1.165, 1.54) is 12.4 Å². The number of anilines is 1. The van der Waals surface area contributed by atoms with Gasteiger partial charge in [-0.2, -0.15) is 0 Å². The monoisotopic (exact) mass is 355 g/mol. The summed E-state index contributed by atoms with van der Waals surface area (Å²) >= 11 is 0. The van der Waals surface area contributed by atoms with E-state index in [1.807, 2.05) is 32.0 Å². The largest absolute Gasteiger partial charge is 0.393 e. The molecule has 7 heteroatoms.